The molecule has 0 spiro atoms. The van der Waals surface area contributed by atoms with E-state index in [0.717, 1.165) is 6.42 Å². The zero-order valence-corrected chi connectivity index (χ0v) is 11.8. The van der Waals surface area contributed by atoms with Crippen molar-refractivity contribution >= 4 is 11.9 Å². The van der Waals surface area contributed by atoms with Crippen molar-refractivity contribution in [2.24, 2.45) is 5.92 Å². The Morgan fingerprint density at radius 1 is 1.17 bits per heavy atom. The Morgan fingerprint density at radius 2 is 1.83 bits per heavy atom. The first-order chi connectivity index (χ1) is 8.42. The second kappa shape index (κ2) is 6.37. The fourth-order valence-electron chi connectivity index (χ4n) is 1.40. The molecule has 2 unspecified atom stereocenters. The maximum absolute atomic E-state index is 5.64. The number of nitrogens with one attached hydrogen (secondary N) is 1. The normalized spacial score (nSPS) is 14.3. The van der Waals surface area contributed by atoms with Crippen LogP contribution in [0, 0.1) is 5.92 Å². The molecule has 1 heterocycles. The number of anilines is 2. The Balaban J connectivity index is 2.79. The van der Waals surface area contributed by atoms with E-state index in [1.807, 2.05) is 13.8 Å². The standard InChI is InChI=1S/C12H23N5O/c1-6-8(4)9(5)14-11-15-10(13)16-12(17-11)18-7(2)3/h7-9H,6H2,1-5H3,(H3,13,14,15,16,17). The summed E-state index contributed by atoms with van der Waals surface area (Å²) in [5.74, 6) is 1.16. The Morgan fingerprint density at radius 3 is 2.39 bits per heavy atom. The summed E-state index contributed by atoms with van der Waals surface area (Å²) in [5, 5.41) is 3.22. The first kappa shape index (κ1) is 14.5. The van der Waals surface area contributed by atoms with Gasteiger partial charge in [0.1, 0.15) is 0 Å². The van der Waals surface area contributed by atoms with E-state index in [4.69, 9.17) is 10.5 Å². The topological polar surface area (TPSA) is 86.0 Å². The minimum atomic E-state index is 0.00615. The van der Waals surface area contributed by atoms with Crippen LogP contribution in [0.3, 0.4) is 0 Å². The minimum absolute atomic E-state index is 0.00615. The second-order valence-corrected chi connectivity index (χ2v) is 4.78. The molecule has 0 bridgehead atoms. The molecule has 18 heavy (non-hydrogen) atoms. The average molecular weight is 253 g/mol. The SMILES string of the molecule is CCC(C)C(C)Nc1nc(N)nc(OC(C)C)n1. The summed E-state index contributed by atoms with van der Waals surface area (Å²) in [6.07, 6.45) is 1.09. The third-order valence-corrected chi connectivity index (χ3v) is 2.83. The summed E-state index contributed by atoms with van der Waals surface area (Å²) in [6.45, 7) is 10.2. The van der Waals surface area contributed by atoms with Crippen LogP contribution in [0.1, 0.15) is 41.0 Å². The Kier molecular flexibility index (Phi) is 5.12. The van der Waals surface area contributed by atoms with Crippen molar-refractivity contribution in [3.8, 4) is 6.01 Å². The van der Waals surface area contributed by atoms with Crippen molar-refractivity contribution in [1.29, 1.82) is 0 Å². The molecule has 0 fully saturated rings. The lowest BCUT2D eigenvalue weighted by Crippen LogP contribution is -2.25. The summed E-state index contributed by atoms with van der Waals surface area (Å²) in [6, 6.07) is 0.528. The van der Waals surface area contributed by atoms with Crippen LogP contribution in [-0.2, 0) is 0 Å². The lowest BCUT2D eigenvalue weighted by molar-refractivity contribution is 0.222. The Bertz CT molecular complexity index is 383. The molecule has 0 aliphatic rings. The molecule has 1 rings (SSSR count). The van der Waals surface area contributed by atoms with Crippen molar-refractivity contribution in [3.63, 3.8) is 0 Å². The molecular formula is C12H23N5O. The second-order valence-electron chi connectivity index (χ2n) is 4.78. The van der Waals surface area contributed by atoms with E-state index in [1.54, 1.807) is 0 Å². The summed E-state index contributed by atoms with van der Waals surface area (Å²) in [4.78, 5) is 12.2. The largest absolute Gasteiger partial charge is 0.461 e. The van der Waals surface area contributed by atoms with E-state index in [2.05, 4.69) is 41.0 Å². The van der Waals surface area contributed by atoms with Crippen LogP contribution in [0.2, 0.25) is 0 Å². The van der Waals surface area contributed by atoms with Crippen LogP contribution < -0.4 is 15.8 Å². The predicted octanol–water partition coefficient (Wildman–Crippen LogP) is 2.09. The number of rotatable bonds is 6. The van der Waals surface area contributed by atoms with Gasteiger partial charge in [-0.3, -0.25) is 0 Å². The molecule has 102 valence electrons. The third kappa shape index (κ3) is 4.35. The minimum Gasteiger partial charge on any atom is -0.461 e. The lowest BCUT2D eigenvalue weighted by atomic mass is 10.0. The smallest absolute Gasteiger partial charge is 0.323 e. The molecule has 0 aromatic carbocycles. The molecule has 0 saturated carbocycles. The van der Waals surface area contributed by atoms with Crippen molar-refractivity contribution in [1.82, 2.24) is 15.0 Å². The lowest BCUT2D eigenvalue weighted by Gasteiger charge is -2.20. The molecule has 0 radical (unpaired) electrons. The van der Waals surface area contributed by atoms with E-state index in [1.165, 1.54) is 0 Å². The number of aromatic nitrogens is 3. The van der Waals surface area contributed by atoms with Crippen molar-refractivity contribution in [2.75, 3.05) is 11.1 Å². The fourth-order valence-corrected chi connectivity index (χ4v) is 1.40. The van der Waals surface area contributed by atoms with E-state index < -0.39 is 0 Å². The van der Waals surface area contributed by atoms with E-state index in [9.17, 15) is 0 Å². The van der Waals surface area contributed by atoms with Gasteiger partial charge in [-0.25, -0.2) is 0 Å². The molecule has 0 saturated heterocycles. The quantitative estimate of drug-likeness (QED) is 0.807. The zero-order chi connectivity index (χ0) is 13.7. The Hall–Kier alpha value is -1.59. The van der Waals surface area contributed by atoms with Crippen LogP contribution in [0.5, 0.6) is 6.01 Å². The van der Waals surface area contributed by atoms with E-state index in [0.29, 0.717) is 11.9 Å². The molecule has 6 nitrogen and oxygen atoms in total. The van der Waals surface area contributed by atoms with Gasteiger partial charge in [0.05, 0.1) is 6.10 Å². The highest BCUT2D eigenvalue weighted by molar-refractivity contribution is 5.33. The highest BCUT2D eigenvalue weighted by Crippen LogP contribution is 2.15. The van der Waals surface area contributed by atoms with E-state index in [-0.39, 0.29) is 24.1 Å². The molecule has 2 atom stereocenters. The van der Waals surface area contributed by atoms with Gasteiger partial charge < -0.3 is 15.8 Å². The maximum atomic E-state index is 5.64. The molecule has 3 N–H and O–H groups in total. The van der Waals surface area contributed by atoms with Crippen LogP contribution in [0.25, 0.3) is 0 Å². The van der Waals surface area contributed by atoms with Crippen molar-refractivity contribution in [3.05, 3.63) is 0 Å². The average Bonchev–Trinajstić information content (AvgIpc) is 2.25. The number of nitrogen functional groups attached to an aromatic ring is 1. The van der Waals surface area contributed by atoms with Gasteiger partial charge in [-0.05, 0) is 26.7 Å². The first-order valence-corrected chi connectivity index (χ1v) is 6.37. The van der Waals surface area contributed by atoms with Gasteiger partial charge in [0.25, 0.3) is 0 Å². The fraction of sp³-hybridized carbons (Fsp3) is 0.750. The van der Waals surface area contributed by atoms with Gasteiger partial charge in [0, 0.05) is 6.04 Å². The zero-order valence-electron chi connectivity index (χ0n) is 11.8. The van der Waals surface area contributed by atoms with Gasteiger partial charge in [-0.2, -0.15) is 15.0 Å². The molecular weight excluding hydrogens is 230 g/mol. The predicted molar refractivity (Wildman–Crippen MR) is 72.5 cm³/mol. The number of ether oxygens (including phenoxy) is 1. The van der Waals surface area contributed by atoms with Gasteiger partial charge in [-0.15, -0.1) is 0 Å². The van der Waals surface area contributed by atoms with Gasteiger partial charge in [-0.1, -0.05) is 20.3 Å². The maximum Gasteiger partial charge on any atom is 0.323 e. The summed E-state index contributed by atoms with van der Waals surface area (Å²) >= 11 is 0. The third-order valence-electron chi connectivity index (χ3n) is 2.83. The molecule has 0 aliphatic heterocycles. The summed E-state index contributed by atoms with van der Waals surface area (Å²) < 4.78 is 5.42. The summed E-state index contributed by atoms with van der Waals surface area (Å²) in [5.41, 5.74) is 5.64. The van der Waals surface area contributed by atoms with Crippen LogP contribution >= 0.6 is 0 Å². The van der Waals surface area contributed by atoms with Crippen LogP contribution in [0.15, 0.2) is 0 Å². The van der Waals surface area contributed by atoms with Gasteiger partial charge >= 0.3 is 6.01 Å². The van der Waals surface area contributed by atoms with Gasteiger partial charge in [0.15, 0.2) is 0 Å². The number of nitrogens with zero attached hydrogens (tertiary/aromatic N) is 3. The number of hydrogen-bond donors (Lipinski definition) is 2. The highest BCUT2D eigenvalue weighted by atomic mass is 16.5. The first-order valence-electron chi connectivity index (χ1n) is 6.37. The number of hydrogen-bond acceptors (Lipinski definition) is 6. The monoisotopic (exact) mass is 253 g/mol. The summed E-state index contributed by atoms with van der Waals surface area (Å²) in [7, 11) is 0. The number of nitrogens with two attached hydrogens (primary N) is 1. The molecule has 6 heteroatoms. The van der Waals surface area contributed by atoms with Crippen molar-refractivity contribution in [2.45, 2.75) is 53.2 Å². The molecule has 1 aromatic heterocycles. The van der Waals surface area contributed by atoms with E-state index >= 15 is 0 Å². The van der Waals surface area contributed by atoms with Crippen LogP contribution in [-0.4, -0.2) is 27.1 Å². The van der Waals surface area contributed by atoms with Gasteiger partial charge in [0.2, 0.25) is 11.9 Å². The molecule has 0 aliphatic carbocycles. The Labute approximate surface area is 108 Å². The van der Waals surface area contributed by atoms with Crippen molar-refractivity contribution < 1.29 is 4.74 Å². The van der Waals surface area contributed by atoms with Crippen LogP contribution in [0.4, 0.5) is 11.9 Å². The highest BCUT2D eigenvalue weighted by Gasteiger charge is 2.13. The molecule has 1 aromatic rings. The molecule has 0 amide bonds.